The molecule has 0 bridgehead atoms. The first-order valence-corrected chi connectivity index (χ1v) is 18.8. The number of nitrogens with one attached hydrogen (secondary N) is 2. The molecule has 0 saturated carbocycles. The molecular formula is C38H50N8O5S. The number of piperazine rings is 1. The van der Waals surface area contributed by atoms with E-state index in [-0.39, 0.29) is 29.9 Å². The average Bonchev–Trinajstić information content (AvgIpc) is 3.75. The zero-order valence-corrected chi connectivity index (χ0v) is 31.8. The number of nitrogens with zero attached hydrogens (tertiary/aromatic N) is 6. The van der Waals surface area contributed by atoms with Crippen LogP contribution >= 0.6 is 11.3 Å². The summed E-state index contributed by atoms with van der Waals surface area (Å²) >= 11 is 1.71. The molecule has 2 aliphatic rings. The lowest BCUT2D eigenvalue weighted by Gasteiger charge is -2.36. The molecule has 14 heteroatoms. The van der Waals surface area contributed by atoms with Crippen molar-refractivity contribution in [2.75, 3.05) is 57.4 Å². The van der Waals surface area contributed by atoms with Gasteiger partial charge in [0.05, 0.1) is 35.1 Å². The Morgan fingerprint density at radius 1 is 1.04 bits per heavy atom. The molecule has 1 atom stereocenters. The van der Waals surface area contributed by atoms with Crippen molar-refractivity contribution < 1.29 is 23.9 Å². The van der Waals surface area contributed by atoms with Crippen LogP contribution < -0.4 is 10.2 Å². The Labute approximate surface area is 308 Å². The van der Waals surface area contributed by atoms with E-state index in [0.29, 0.717) is 51.8 Å². The third kappa shape index (κ3) is 9.52. The van der Waals surface area contributed by atoms with Gasteiger partial charge in [-0.15, -0.1) is 11.3 Å². The number of carbonyl (C=O) groups excluding carboxylic acids is 3. The van der Waals surface area contributed by atoms with Gasteiger partial charge >= 0.3 is 6.09 Å². The van der Waals surface area contributed by atoms with Crippen molar-refractivity contribution in [2.45, 2.75) is 72.6 Å². The molecule has 13 nitrogen and oxygen atoms in total. The van der Waals surface area contributed by atoms with Crippen LogP contribution in [0.2, 0.25) is 0 Å². The number of fused-ring (bicyclic) bond motifs is 2. The minimum atomic E-state index is -0.866. The van der Waals surface area contributed by atoms with E-state index in [4.69, 9.17) is 19.4 Å². The van der Waals surface area contributed by atoms with E-state index in [2.05, 4.69) is 31.4 Å². The number of morpholine rings is 1. The van der Waals surface area contributed by atoms with Crippen LogP contribution in [0.25, 0.3) is 32.5 Å². The minimum Gasteiger partial charge on any atom is -0.444 e. The van der Waals surface area contributed by atoms with Crippen molar-refractivity contribution in [3.8, 4) is 11.4 Å². The Hall–Kier alpha value is -4.40. The number of hydrogen-bond acceptors (Lipinski definition) is 11. The number of anilines is 1. The number of H-pyrrole nitrogens is 1. The lowest BCUT2D eigenvalue weighted by molar-refractivity contribution is -0.135. The smallest absolute Gasteiger partial charge is 0.408 e. The third-order valence-corrected chi connectivity index (χ3v) is 10.0. The maximum Gasteiger partial charge on any atom is 0.408 e. The first-order chi connectivity index (χ1) is 24.7. The quantitative estimate of drug-likeness (QED) is 0.199. The van der Waals surface area contributed by atoms with Crippen molar-refractivity contribution >= 4 is 56.1 Å². The van der Waals surface area contributed by atoms with E-state index in [1.54, 1.807) is 43.1 Å². The Morgan fingerprint density at radius 3 is 2.50 bits per heavy atom. The number of alkyl carbamates (subject to hydrolysis) is 1. The molecule has 1 aromatic carbocycles. The second-order valence-corrected chi connectivity index (χ2v) is 16.7. The average molecular weight is 731 g/mol. The summed E-state index contributed by atoms with van der Waals surface area (Å²) in [4.78, 5) is 56.9. The van der Waals surface area contributed by atoms with Crippen molar-refractivity contribution in [1.29, 1.82) is 0 Å². The SMILES string of the molecule is CC(C)(C)/C=C/C(=O)CCC(NC(=O)OC(C)(C)C)C(=O)N1CCN(Cc2cc3nc(-c4cccc5[nH]ncc45)nc(N4CCOCC4)c3s2)CC1. The van der Waals surface area contributed by atoms with Gasteiger partial charge in [-0.05, 0) is 50.8 Å². The molecule has 2 saturated heterocycles. The molecule has 2 amide bonds. The van der Waals surface area contributed by atoms with E-state index >= 15 is 0 Å². The molecule has 1 unspecified atom stereocenters. The van der Waals surface area contributed by atoms with Gasteiger partial charge in [0.25, 0.3) is 0 Å². The highest BCUT2D eigenvalue weighted by molar-refractivity contribution is 7.19. The molecule has 3 aromatic heterocycles. The van der Waals surface area contributed by atoms with Crippen molar-refractivity contribution in [1.82, 2.24) is 35.3 Å². The molecule has 278 valence electrons. The second kappa shape index (κ2) is 15.7. The summed E-state index contributed by atoms with van der Waals surface area (Å²) in [5.74, 6) is 1.30. The summed E-state index contributed by atoms with van der Waals surface area (Å²) < 4.78 is 12.2. The van der Waals surface area contributed by atoms with E-state index in [0.717, 1.165) is 45.6 Å². The Morgan fingerprint density at radius 2 is 1.79 bits per heavy atom. The summed E-state index contributed by atoms with van der Waals surface area (Å²) in [7, 11) is 0. The second-order valence-electron chi connectivity index (χ2n) is 15.5. The standard InChI is InChI=1S/C38H50N8O5S/c1-37(2,3)13-12-25(47)10-11-30(41-36(49)51-38(4,5)6)35(48)46-16-14-44(15-17-46)24-26-22-31-32(52-26)34(45-18-20-50-21-19-45)42-33(40-31)27-8-7-9-29-28(27)23-39-43-29/h7-9,12-13,22-23,30H,10-11,14-21,24H2,1-6H3,(H,39,43)(H,41,49)/b13-12+. The molecule has 0 radical (unpaired) electrons. The van der Waals surface area contributed by atoms with Crippen molar-refractivity contribution in [2.24, 2.45) is 5.41 Å². The van der Waals surface area contributed by atoms with Gasteiger partial charge in [0.2, 0.25) is 5.91 Å². The molecule has 2 aliphatic heterocycles. The number of carbonyl (C=O) groups is 3. The van der Waals surface area contributed by atoms with Crippen LogP contribution in [-0.2, 0) is 25.6 Å². The summed E-state index contributed by atoms with van der Waals surface area (Å²) in [6, 6.07) is 7.31. The highest BCUT2D eigenvalue weighted by Gasteiger charge is 2.31. The van der Waals surface area contributed by atoms with E-state index in [9.17, 15) is 14.4 Å². The maximum atomic E-state index is 13.8. The van der Waals surface area contributed by atoms with Crippen molar-refractivity contribution in [3.63, 3.8) is 0 Å². The number of aromatic amines is 1. The van der Waals surface area contributed by atoms with Crippen LogP contribution in [0.5, 0.6) is 0 Å². The van der Waals surface area contributed by atoms with Gasteiger partial charge in [0.1, 0.15) is 11.6 Å². The molecule has 52 heavy (non-hydrogen) atoms. The van der Waals surface area contributed by atoms with Crippen LogP contribution in [0, 0.1) is 5.41 Å². The highest BCUT2D eigenvalue weighted by Crippen LogP contribution is 2.36. The Kier molecular flexibility index (Phi) is 11.3. The maximum absolute atomic E-state index is 13.8. The predicted octanol–water partition coefficient (Wildman–Crippen LogP) is 5.56. The first kappa shape index (κ1) is 37.4. The monoisotopic (exact) mass is 730 g/mol. The molecule has 0 spiro atoms. The largest absolute Gasteiger partial charge is 0.444 e. The molecule has 4 aromatic rings. The van der Waals surface area contributed by atoms with E-state index in [1.807, 2.05) is 51.2 Å². The molecule has 2 N–H and O–H groups in total. The van der Waals surface area contributed by atoms with Crippen LogP contribution in [0.3, 0.4) is 0 Å². The van der Waals surface area contributed by atoms with Gasteiger partial charge < -0.3 is 24.6 Å². The predicted molar refractivity (Wildman–Crippen MR) is 203 cm³/mol. The molecular weight excluding hydrogens is 681 g/mol. The van der Waals surface area contributed by atoms with Gasteiger partial charge in [0, 0.05) is 68.1 Å². The fourth-order valence-electron chi connectivity index (χ4n) is 6.30. The van der Waals surface area contributed by atoms with Crippen LogP contribution in [-0.4, -0.2) is 112 Å². The first-order valence-electron chi connectivity index (χ1n) is 18.0. The zero-order chi connectivity index (χ0) is 37.0. The zero-order valence-electron chi connectivity index (χ0n) is 31.0. The van der Waals surface area contributed by atoms with Crippen molar-refractivity contribution in [3.05, 3.63) is 47.5 Å². The third-order valence-electron chi connectivity index (χ3n) is 8.94. The fourth-order valence-corrected chi connectivity index (χ4v) is 7.46. The van der Waals surface area contributed by atoms with Gasteiger partial charge in [-0.3, -0.25) is 19.6 Å². The van der Waals surface area contributed by atoms with Gasteiger partial charge in [-0.25, -0.2) is 14.8 Å². The fraction of sp³-hybridized carbons (Fsp3) is 0.526. The number of rotatable bonds is 10. The number of benzene rings is 1. The molecule has 2 fully saturated rings. The number of amides is 2. The summed E-state index contributed by atoms with van der Waals surface area (Å²) in [6.07, 6.45) is 4.90. The Bertz CT molecular complexity index is 1930. The molecule has 5 heterocycles. The number of thiophene rings is 1. The lowest BCUT2D eigenvalue weighted by Crippen LogP contribution is -2.55. The van der Waals surface area contributed by atoms with Crippen LogP contribution in [0.15, 0.2) is 42.6 Å². The summed E-state index contributed by atoms with van der Waals surface area (Å²) in [5, 5.41) is 11.0. The Balaban J connectivity index is 1.15. The highest BCUT2D eigenvalue weighted by atomic mass is 32.1. The molecule has 6 rings (SSSR count). The van der Waals surface area contributed by atoms with Gasteiger partial charge in [-0.2, -0.15) is 5.10 Å². The topological polar surface area (TPSA) is 146 Å². The summed E-state index contributed by atoms with van der Waals surface area (Å²) in [5.41, 5.74) is 1.92. The van der Waals surface area contributed by atoms with Gasteiger partial charge in [0.15, 0.2) is 17.4 Å². The number of aromatic nitrogens is 4. The number of hydrogen-bond donors (Lipinski definition) is 2. The minimum absolute atomic E-state index is 0.0843. The van der Waals surface area contributed by atoms with E-state index < -0.39 is 17.7 Å². The molecule has 0 aliphatic carbocycles. The van der Waals surface area contributed by atoms with Gasteiger partial charge in [-0.1, -0.05) is 39.0 Å². The number of ketones is 1. The number of ether oxygens (including phenoxy) is 2. The van der Waals surface area contributed by atoms with Crippen LogP contribution in [0.4, 0.5) is 10.6 Å². The summed E-state index contributed by atoms with van der Waals surface area (Å²) in [6.45, 7) is 17.3. The van der Waals surface area contributed by atoms with Crippen LogP contribution in [0.1, 0.15) is 59.3 Å². The normalized spacial score (nSPS) is 16.9. The number of allylic oxidation sites excluding steroid dienone is 2. The lowest BCUT2D eigenvalue weighted by atomic mass is 9.95. The van der Waals surface area contributed by atoms with E-state index in [1.165, 1.54) is 4.88 Å².